The minimum atomic E-state index is -0.627. The highest BCUT2D eigenvalue weighted by Crippen LogP contribution is 2.28. The zero-order chi connectivity index (χ0) is 22.0. The van der Waals surface area contributed by atoms with Crippen LogP contribution in [0.4, 0.5) is 5.69 Å². The summed E-state index contributed by atoms with van der Waals surface area (Å²) >= 11 is 2.91. The highest BCUT2D eigenvalue weighted by atomic mass is 32.1. The molecule has 9 heteroatoms. The van der Waals surface area contributed by atoms with Crippen molar-refractivity contribution in [2.75, 3.05) is 11.9 Å². The number of amides is 1. The maximum absolute atomic E-state index is 12.4. The van der Waals surface area contributed by atoms with Crippen molar-refractivity contribution in [2.45, 2.75) is 20.8 Å². The lowest BCUT2D eigenvalue weighted by Gasteiger charge is -2.08. The number of nitrogens with zero attached hydrogens (tertiary/aromatic N) is 3. The van der Waals surface area contributed by atoms with E-state index in [0.717, 1.165) is 26.8 Å². The van der Waals surface area contributed by atoms with Gasteiger partial charge in [0.1, 0.15) is 5.01 Å². The topological polar surface area (TPSA) is 86.1 Å². The van der Waals surface area contributed by atoms with Gasteiger partial charge in [-0.2, -0.15) is 5.10 Å². The second-order valence-electron chi connectivity index (χ2n) is 6.93. The first kappa shape index (κ1) is 21.0. The van der Waals surface area contributed by atoms with E-state index in [1.165, 1.54) is 11.3 Å². The third-order valence-corrected chi connectivity index (χ3v) is 6.50. The number of carbonyl (C=O) groups excluding carboxylic acids is 2. The maximum Gasteiger partial charge on any atom is 0.358 e. The highest BCUT2D eigenvalue weighted by molar-refractivity contribution is 7.20. The molecule has 0 fully saturated rings. The SMILES string of the molecule is Cc1ccc(-n2nc(C)c(NC(=O)COC(=O)c3csc(-c4cccs4)n3)c2C)cc1. The molecular formula is C22H20N4O3S2. The molecule has 1 amide bonds. The lowest BCUT2D eigenvalue weighted by Crippen LogP contribution is -2.21. The largest absolute Gasteiger partial charge is 0.451 e. The predicted octanol–water partition coefficient (Wildman–Crippen LogP) is 4.78. The lowest BCUT2D eigenvalue weighted by atomic mass is 10.2. The van der Waals surface area contributed by atoms with Crippen LogP contribution in [0.5, 0.6) is 0 Å². The molecule has 3 aromatic heterocycles. The van der Waals surface area contributed by atoms with Gasteiger partial charge in [0.25, 0.3) is 5.91 Å². The van der Waals surface area contributed by atoms with Gasteiger partial charge in [0.05, 0.1) is 27.6 Å². The fourth-order valence-electron chi connectivity index (χ4n) is 3.02. The number of esters is 1. The van der Waals surface area contributed by atoms with Crippen molar-refractivity contribution in [3.63, 3.8) is 0 Å². The van der Waals surface area contributed by atoms with Crippen LogP contribution >= 0.6 is 22.7 Å². The van der Waals surface area contributed by atoms with Crippen LogP contribution in [0.15, 0.2) is 47.2 Å². The van der Waals surface area contributed by atoms with Gasteiger partial charge in [0, 0.05) is 5.38 Å². The van der Waals surface area contributed by atoms with Gasteiger partial charge in [-0.15, -0.1) is 22.7 Å². The summed E-state index contributed by atoms with van der Waals surface area (Å²) in [5.41, 5.74) is 4.33. The quantitative estimate of drug-likeness (QED) is 0.426. The molecule has 1 aromatic carbocycles. The van der Waals surface area contributed by atoms with Crippen LogP contribution in [0.25, 0.3) is 15.6 Å². The van der Waals surface area contributed by atoms with E-state index in [1.54, 1.807) is 21.4 Å². The number of thiophene rings is 1. The fourth-order valence-corrected chi connectivity index (χ4v) is 4.63. The van der Waals surface area contributed by atoms with Crippen molar-refractivity contribution in [1.82, 2.24) is 14.8 Å². The first-order valence-corrected chi connectivity index (χ1v) is 11.3. The average Bonchev–Trinajstić information content (AvgIpc) is 3.50. The molecule has 1 N–H and O–H groups in total. The van der Waals surface area contributed by atoms with Crippen LogP contribution < -0.4 is 5.32 Å². The van der Waals surface area contributed by atoms with Crippen molar-refractivity contribution in [3.05, 3.63) is 69.8 Å². The van der Waals surface area contributed by atoms with E-state index >= 15 is 0 Å². The van der Waals surface area contributed by atoms with Gasteiger partial charge >= 0.3 is 5.97 Å². The van der Waals surface area contributed by atoms with E-state index in [4.69, 9.17) is 4.74 Å². The summed E-state index contributed by atoms with van der Waals surface area (Å²) in [4.78, 5) is 29.9. The number of benzene rings is 1. The van der Waals surface area contributed by atoms with Crippen molar-refractivity contribution in [2.24, 2.45) is 0 Å². The Labute approximate surface area is 187 Å². The van der Waals surface area contributed by atoms with Crippen LogP contribution in [-0.2, 0) is 9.53 Å². The summed E-state index contributed by atoms with van der Waals surface area (Å²) < 4.78 is 6.92. The predicted molar refractivity (Wildman–Crippen MR) is 122 cm³/mol. The molecule has 4 rings (SSSR count). The molecule has 0 atom stereocenters. The van der Waals surface area contributed by atoms with Crippen LogP contribution in [0, 0.1) is 20.8 Å². The molecule has 0 saturated carbocycles. The Balaban J connectivity index is 1.39. The first-order chi connectivity index (χ1) is 14.9. The third-order valence-electron chi connectivity index (χ3n) is 4.61. The van der Waals surface area contributed by atoms with Crippen molar-refractivity contribution in [3.8, 4) is 15.6 Å². The first-order valence-electron chi connectivity index (χ1n) is 9.52. The molecule has 0 aliphatic heterocycles. The number of aryl methyl sites for hydroxylation is 2. The van der Waals surface area contributed by atoms with Crippen LogP contribution in [-0.4, -0.2) is 33.2 Å². The Bertz CT molecular complexity index is 1220. The Morgan fingerprint density at radius 1 is 1.10 bits per heavy atom. The molecule has 31 heavy (non-hydrogen) atoms. The van der Waals surface area contributed by atoms with Gasteiger partial charge in [-0.3, -0.25) is 4.79 Å². The number of ether oxygens (including phenoxy) is 1. The van der Waals surface area contributed by atoms with Crippen molar-refractivity contribution < 1.29 is 14.3 Å². The summed E-state index contributed by atoms with van der Waals surface area (Å²) in [7, 11) is 0. The number of nitrogens with one attached hydrogen (secondary N) is 1. The number of thiazole rings is 1. The second-order valence-corrected chi connectivity index (χ2v) is 8.74. The molecule has 0 radical (unpaired) electrons. The van der Waals surface area contributed by atoms with Gasteiger partial charge in [-0.1, -0.05) is 23.8 Å². The second kappa shape index (κ2) is 8.83. The number of rotatable bonds is 6. The molecule has 0 aliphatic carbocycles. The van der Waals surface area contributed by atoms with Gasteiger partial charge in [-0.25, -0.2) is 14.5 Å². The van der Waals surface area contributed by atoms with Crippen molar-refractivity contribution >= 4 is 40.2 Å². The van der Waals surface area contributed by atoms with Crippen molar-refractivity contribution in [1.29, 1.82) is 0 Å². The number of carbonyl (C=O) groups is 2. The van der Waals surface area contributed by atoms with Gasteiger partial charge in [0.2, 0.25) is 0 Å². The van der Waals surface area contributed by atoms with E-state index in [0.29, 0.717) is 11.4 Å². The summed E-state index contributed by atoms with van der Waals surface area (Å²) in [5, 5.41) is 11.7. The summed E-state index contributed by atoms with van der Waals surface area (Å²) in [6.07, 6.45) is 0. The van der Waals surface area contributed by atoms with E-state index in [1.807, 2.05) is 62.5 Å². The van der Waals surface area contributed by atoms with Crippen LogP contribution in [0.3, 0.4) is 0 Å². The number of hydrogen-bond acceptors (Lipinski definition) is 7. The average molecular weight is 453 g/mol. The third kappa shape index (κ3) is 4.57. The number of anilines is 1. The minimum absolute atomic E-state index is 0.195. The van der Waals surface area contributed by atoms with Gasteiger partial charge < -0.3 is 10.1 Å². The highest BCUT2D eigenvalue weighted by Gasteiger charge is 2.18. The van der Waals surface area contributed by atoms with Crippen LogP contribution in [0.2, 0.25) is 0 Å². The standard InChI is InChI=1S/C22H20N4O3S2/c1-13-6-8-16(9-7-13)26-15(3)20(14(2)25-26)24-19(27)11-29-22(28)17-12-31-21(23-17)18-5-4-10-30-18/h4-10,12H,11H2,1-3H3,(H,24,27). The summed E-state index contributed by atoms with van der Waals surface area (Å²) in [6.45, 7) is 5.31. The number of hydrogen-bond donors (Lipinski definition) is 1. The molecule has 4 aromatic rings. The monoisotopic (exact) mass is 452 g/mol. The Kier molecular flexibility index (Phi) is 5.97. The minimum Gasteiger partial charge on any atom is -0.451 e. The Morgan fingerprint density at radius 3 is 2.58 bits per heavy atom. The zero-order valence-corrected chi connectivity index (χ0v) is 18.8. The summed E-state index contributed by atoms with van der Waals surface area (Å²) in [6, 6.07) is 11.8. The molecule has 0 aliphatic rings. The van der Waals surface area contributed by atoms with E-state index in [9.17, 15) is 9.59 Å². The molecule has 0 spiro atoms. The number of aromatic nitrogens is 3. The lowest BCUT2D eigenvalue weighted by molar-refractivity contribution is -0.119. The van der Waals surface area contributed by atoms with E-state index in [-0.39, 0.29) is 5.69 Å². The molecule has 0 saturated heterocycles. The molecule has 7 nitrogen and oxygen atoms in total. The molecule has 0 bridgehead atoms. The molecule has 3 heterocycles. The van der Waals surface area contributed by atoms with E-state index < -0.39 is 18.5 Å². The molecule has 158 valence electrons. The fraction of sp³-hybridized carbons (Fsp3) is 0.182. The Hall–Kier alpha value is -3.30. The van der Waals surface area contributed by atoms with Gasteiger partial charge in [-0.05, 0) is 44.4 Å². The Morgan fingerprint density at radius 2 is 1.87 bits per heavy atom. The summed E-state index contributed by atoms with van der Waals surface area (Å²) in [5.74, 6) is -1.06. The van der Waals surface area contributed by atoms with E-state index in [2.05, 4.69) is 15.4 Å². The zero-order valence-electron chi connectivity index (χ0n) is 17.2. The van der Waals surface area contributed by atoms with Crippen LogP contribution in [0.1, 0.15) is 27.4 Å². The molecular weight excluding hydrogens is 432 g/mol. The van der Waals surface area contributed by atoms with Gasteiger partial charge in [0.15, 0.2) is 12.3 Å². The normalized spacial score (nSPS) is 10.8. The maximum atomic E-state index is 12.4. The smallest absolute Gasteiger partial charge is 0.358 e. The molecule has 0 unspecified atom stereocenters.